The summed E-state index contributed by atoms with van der Waals surface area (Å²) in [4.78, 5) is 0. The van der Waals surface area contributed by atoms with E-state index in [1.54, 1.807) is 0 Å². The van der Waals surface area contributed by atoms with Crippen molar-refractivity contribution in [1.82, 2.24) is 0 Å². The van der Waals surface area contributed by atoms with Gasteiger partial charge >= 0.3 is 0 Å². The summed E-state index contributed by atoms with van der Waals surface area (Å²) in [6, 6.07) is 9.80. The number of benzene rings is 1. The number of rotatable bonds is 1. The van der Waals surface area contributed by atoms with Crippen molar-refractivity contribution in [2.24, 2.45) is 0 Å². The van der Waals surface area contributed by atoms with Gasteiger partial charge in [0.25, 0.3) is 0 Å². The van der Waals surface area contributed by atoms with Crippen LogP contribution in [0.25, 0.3) is 0 Å². The smallest absolute Gasteiger partial charge is 0.184 e. The van der Waals surface area contributed by atoms with Crippen LogP contribution in [0.5, 0.6) is 0 Å². The van der Waals surface area contributed by atoms with Gasteiger partial charge in [0.2, 0.25) is 0 Å². The van der Waals surface area contributed by atoms with Crippen LogP contribution in [0.4, 0.5) is 0 Å². The van der Waals surface area contributed by atoms with Gasteiger partial charge in [0, 0.05) is 12.0 Å². The molecule has 3 rings (SSSR count). The van der Waals surface area contributed by atoms with Gasteiger partial charge in [-0.1, -0.05) is 30.3 Å². The van der Waals surface area contributed by atoms with Gasteiger partial charge in [-0.3, -0.25) is 0 Å². The zero-order valence-corrected chi connectivity index (χ0v) is 8.78. The van der Waals surface area contributed by atoms with E-state index in [0.29, 0.717) is 13.0 Å². The molecule has 0 saturated carbocycles. The van der Waals surface area contributed by atoms with Crippen molar-refractivity contribution < 1.29 is 19.3 Å². The van der Waals surface area contributed by atoms with Gasteiger partial charge in [-0.15, -0.1) is 0 Å². The first kappa shape index (κ1) is 10.2. The Bertz CT molecular complexity index is 353. The summed E-state index contributed by atoms with van der Waals surface area (Å²) in [5.41, 5.74) is 1.00. The SMILES string of the molecule is OC1C[C@H]2O[C@@H](c3ccccc3)OC[C@H]2O1. The normalized spacial score (nSPS) is 38.3. The van der Waals surface area contributed by atoms with E-state index >= 15 is 0 Å². The molecule has 1 N–H and O–H groups in total. The molecule has 0 bridgehead atoms. The third kappa shape index (κ3) is 1.85. The molecule has 0 spiro atoms. The molecule has 16 heavy (non-hydrogen) atoms. The van der Waals surface area contributed by atoms with Crippen LogP contribution in [-0.4, -0.2) is 30.2 Å². The topological polar surface area (TPSA) is 47.9 Å². The summed E-state index contributed by atoms with van der Waals surface area (Å²) < 4.78 is 16.6. The quantitative estimate of drug-likeness (QED) is 0.775. The second-order valence-electron chi connectivity index (χ2n) is 4.12. The zero-order valence-electron chi connectivity index (χ0n) is 8.78. The Labute approximate surface area is 93.7 Å². The Morgan fingerprint density at radius 1 is 1.06 bits per heavy atom. The summed E-state index contributed by atoms with van der Waals surface area (Å²) in [5.74, 6) is 0. The molecular weight excluding hydrogens is 208 g/mol. The van der Waals surface area contributed by atoms with Gasteiger partial charge in [-0.05, 0) is 0 Å². The van der Waals surface area contributed by atoms with E-state index in [1.165, 1.54) is 0 Å². The average molecular weight is 222 g/mol. The Morgan fingerprint density at radius 2 is 1.88 bits per heavy atom. The lowest BCUT2D eigenvalue weighted by Gasteiger charge is -2.31. The van der Waals surface area contributed by atoms with E-state index in [2.05, 4.69) is 0 Å². The van der Waals surface area contributed by atoms with Crippen molar-refractivity contribution in [2.45, 2.75) is 31.2 Å². The van der Waals surface area contributed by atoms with Crippen LogP contribution < -0.4 is 0 Å². The Hall–Kier alpha value is -0.940. The predicted molar refractivity (Wildman–Crippen MR) is 55.5 cm³/mol. The lowest BCUT2D eigenvalue weighted by molar-refractivity contribution is -0.248. The third-order valence-electron chi connectivity index (χ3n) is 2.96. The van der Waals surface area contributed by atoms with Gasteiger partial charge in [-0.2, -0.15) is 0 Å². The highest BCUT2D eigenvalue weighted by atomic mass is 16.7. The van der Waals surface area contributed by atoms with E-state index in [-0.39, 0.29) is 18.5 Å². The first-order valence-electron chi connectivity index (χ1n) is 5.48. The minimum absolute atomic E-state index is 0.0612. The molecule has 1 aromatic carbocycles. The molecule has 0 amide bonds. The van der Waals surface area contributed by atoms with Crippen LogP contribution in [0.15, 0.2) is 30.3 Å². The van der Waals surface area contributed by atoms with E-state index < -0.39 is 6.29 Å². The first-order valence-corrected chi connectivity index (χ1v) is 5.48. The Kier molecular flexibility index (Phi) is 2.65. The van der Waals surface area contributed by atoms with E-state index in [4.69, 9.17) is 14.2 Å². The molecule has 0 radical (unpaired) electrons. The highest BCUT2D eigenvalue weighted by Crippen LogP contribution is 2.33. The Balaban J connectivity index is 1.72. The molecule has 1 unspecified atom stereocenters. The molecule has 0 aromatic heterocycles. The predicted octanol–water partition coefficient (Wildman–Crippen LogP) is 1.21. The standard InChI is InChI=1S/C12H14O4/c13-11-6-9-10(15-11)7-14-12(16-9)8-4-2-1-3-5-8/h1-5,9-13H,6-7H2/t9-,10-,11?,12+/m1/s1. The number of aliphatic hydroxyl groups excluding tert-OH is 1. The minimum Gasteiger partial charge on any atom is -0.368 e. The van der Waals surface area contributed by atoms with Crippen LogP contribution in [-0.2, 0) is 14.2 Å². The monoisotopic (exact) mass is 222 g/mol. The van der Waals surface area contributed by atoms with Crippen molar-refractivity contribution in [3.8, 4) is 0 Å². The van der Waals surface area contributed by atoms with Crippen molar-refractivity contribution >= 4 is 0 Å². The molecule has 2 saturated heterocycles. The van der Waals surface area contributed by atoms with Gasteiger partial charge in [0.05, 0.1) is 12.7 Å². The molecule has 2 aliphatic heterocycles. The van der Waals surface area contributed by atoms with Gasteiger partial charge < -0.3 is 19.3 Å². The maximum absolute atomic E-state index is 9.36. The number of fused-ring (bicyclic) bond motifs is 1. The fourth-order valence-corrected chi connectivity index (χ4v) is 2.15. The van der Waals surface area contributed by atoms with Gasteiger partial charge in [0.1, 0.15) is 6.10 Å². The second kappa shape index (κ2) is 4.14. The molecule has 2 heterocycles. The van der Waals surface area contributed by atoms with E-state index in [0.717, 1.165) is 5.56 Å². The van der Waals surface area contributed by atoms with Crippen LogP contribution in [0.3, 0.4) is 0 Å². The van der Waals surface area contributed by atoms with Gasteiger partial charge in [-0.25, -0.2) is 0 Å². The Morgan fingerprint density at radius 3 is 2.69 bits per heavy atom. The van der Waals surface area contributed by atoms with Crippen molar-refractivity contribution in [2.75, 3.05) is 6.61 Å². The summed E-state index contributed by atoms with van der Waals surface area (Å²) in [6.07, 6.45) is -0.717. The number of hydrogen-bond donors (Lipinski definition) is 1. The summed E-state index contributed by atoms with van der Waals surface area (Å²) in [7, 11) is 0. The van der Waals surface area contributed by atoms with Crippen LogP contribution >= 0.6 is 0 Å². The zero-order chi connectivity index (χ0) is 11.0. The fourth-order valence-electron chi connectivity index (χ4n) is 2.15. The fraction of sp³-hybridized carbons (Fsp3) is 0.500. The maximum Gasteiger partial charge on any atom is 0.184 e. The maximum atomic E-state index is 9.36. The van der Waals surface area contributed by atoms with Crippen LogP contribution in [0.2, 0.25) is 0 Å². The molecule has 2 fully saturated rings. The number of hydrogen-bond acceptors (Lipinski definition) is 4. The van der Waals surface area contributed by atoms with Crippen LogP contribution in [0.1, 0.15) is 18.3 Å². The lowest BCUT2D eigenvalue weighted by atomic mass is 10.1. The highest BCUT2D eigenvalue weighted by molar-refractivity contribution is 5.16. The molecule has 2 aliphatic rings. The summed E-state index contributed by atoms with van der Waals surface area (Å²) >= 11 is 0. The molecule has 4 heteroatoms. The summed E-state index contributed by atoms with van der Waals surface area (Å²) in [5, 5.41) is 9.36. The second-order valence-corrected chi connectivity index (χ2v) is 4.12. The van der Waals surface area contributed by atoms with Crippen molar-refractivity contribution in [3.63, 3.8) is 0 Å². The average Bonchev–Trinajstić information content (AvgIpc) is 2.69. The van der Waals surface area contributed by atoms with E-state index in [9.17, 15) is 5.11 Å². The van der Waals surface area contributed by atoms with Gasteiger partial charge in [0.15, 0.2) is 12.6 Å². The minimum atomic E-state index is -0.715. The molecule has 4 atom stereocenters. The summed E-state index contributed by atoms with van der Waals surface area (Å²) in [6.45, 7) is 0.473. The number of aliphatic hydroxyl groups is 1. The third-order valence-corrected chi connectivity index (χ3v) is 2.96. The molecule has 86 valence electrons. The first-order chi connectivity index (χ1) is 7.83. The molecule has 0 aliphatic carbocycles. The lowest BCUT2D eigenvalue weighted by Crippen LogP contribution is -2.37. The van der Waals surface area contributed by atoms with Crippen LogP contribution in [0, 0.1) is 0 Å². The van der Waals surface area contributed by atoms with Crippen molar-refractivity contribution in [3.05, 3.63) is 35.9 Å². The van der Waals surface area contributed by atoms with E-state index in [1.807, 2.05) is 30.3 Å². The number of ether oxygens (including phenoxy) is 3. The van der Waals surface area contributed by atoms with Crippen molar-refractivity contribution in [1.29, 1.82) is 0 Å². The molecule has 4 nitrogen and oxygen atoms in total. The molecule has 1 aromatic rings. The highest BCUT2D eigenvalue weighted by Gasteiger charge is 2.41. The molecular formula is C12H14O4. The largest absolute Gasteiger partial charge is 0.368 e.